The first-order chi connectivity index (χ1) is 11.7. The van der Waals surface area contributed by atoms with E-state index in [1.54, 1.807) is 36.7 Å². The summed E-state index contributed by atoms with van der Waals surface area (Å²) >= 11 is 0. The van der Waals surface area contributed by atoms with Crippen LogP contribution in [0.25, 0.3) is 0 Å². The van der Waals surface area contributed by atoms with Crippen molar-refractivity contribution in [2.24, 2.45) is 0 Å². The average Bonchev–Trinajstić information content (AvgIpc) is 2.60. The first kappa shape index (κ1) is 17.5. The van der Waals surface area contributed by atoms with Gasteiger partial charge in [-0.15, -0.1) is 0 Å². The summed E-state index contributed by atoms with van der Waals surface area (Å²) in [6.45, 7) is 2.40. The SMILES string of the molecule is CCNC(=O)COc1ccc(NC(=O)CCc2cccnc2)cc1. The van der Waals surface area contributed by atoms with Crippen LogP contribution in [0.3, 0.4) is 0 Å². The van der Waals surface area contributed by atoms with Crippen LogP contribution in [0.4, 0.5) is 5.69 Å². The predicted molar refractivity (Wildman–Crippen MR) is 91.8 cm³/mol. The van der Waals surface area contributed by atoms with E-state index in [2.05, 4.69) is 15.6 Å². The number of nitrogens with one attached hydrogen (secondary N) is 2. The van der Waals surface area contributed by atoms with E-state index in [0.717, 1.165) is 5.56 Å². The van der Waals surface area contributed by atoms with Crippen LogP contribution in [0.1, 0.15) is 18.9 Å². The van der Waals surface area contributed by atoms with Gasteiger partial charge in [-0.25, -0.2) is 0 Å². The maximum Gasteiger partial charge on any atom is 0.257 e. The van der Waals surface area contributed by atoms with Gasteiger partial charge in [0.2, 0.25) is 5.91 Å². The fourth-order valence-electron chi connectivity index (χ4n) is 2.06. The molecule has 0 saturated heterocycles. The smallest absolute Gasteiger partial charge is 0.257 e. The van der Waals surface area contributed by atoms with Gasteiger partial charge in [-0.1, -0.05) is 6.07 Å². The second-order valence-electron chi connectivity index (χ2n) is 5.18. The van der Waals surface area contributed by atoms with Crippen molar-refractivity contribution in [2.75, 3.05) is 18.5 Å². The van der Waals surface area contributed by atoms with Crippen molar-refractivity contribution in [1.29, 1.82) is 0 Å². The van der Waals surface area contributed by atoms with E-state index in [9.17, 15) is 9.59 Å². The van der Waals surface area contributed by atoms with Gasteiger partial charge in [0.05, 0.1) is 0 Å². The first-order valence-corrected chi connectivity index (χ1v) is 7.85. The fourth-order valence-corrected chi connectivity index (χ4v) is 2.06. The van der Waals surface area contributed by atoms with Crippen molar-refractivity contribution in [3.8, 4) is 5.75 Å². The predicted octanol–water partition coefficient (Wildman–Crippen LogP) is 2.17. The van der Waals surface area contributed by atoms with Gasteiger partial charge in [0.15, 0.2) is 6.61 Å². The Hall–Kier alpha value is -2.89. The van der Waals surface area contributed by atoms with E-state index in [-0.39, 0.29) is 18.4 Å². The summed E-state index contributed by atoms with van der Waals surface area (Å²) in [4.78, 5) is 27.3. The van der Waals surface area contributed by atoms with Crippen LogP contribution in [0, 0.1) is 0 Å². The molecule has 0 fully saturated rings. The van der Waals surface area contributed by atoms with Crippen LogP contribution in [0.5, 0.6) is 5.75 Å². The van der Waals surface area contributed by atoms with Gasteiger partial charge in [0.1, 0.15) is 5.75 Å². The molecular weight excluding hydrogens is 306 g/mol. The Morgan fingerprint density at radius 1 is 1.12 bits per heavy atom. The summed E-state index contributed by atoms with van der Waals surface area (Å²) < 4.78 is 5.35. The summed E-state index contributed by atoms with van der Waals surface area (Å²) in [6, 6.07) is 10.7. The minimum Gasteiger partial charge on any atom is -0.484 e. The fraction of sp³-hybridized carbons (Fsp3) is 0.278. The molecule has 0 aliphatic carbocycles. The summed E-state index contributed by atoms with van der Waals surface area (Å²) in [7, 11) is 0. The number of nitrogens with zero attached hydrogens (tertiary/aromatic N) is 1. The minimum absolute atomic E-state index is 0.0232. The average molecular weight is 327 g/mol. The number of hydrogen-bond acceptors (Lipinski definition) is 4. The molecule has 0 bridgehead atoms. The molecule has 0 spiro atoms. The summed E-state index contributed by atoms with van der Waals surface area (Å²) in [5, 5.41) is 5.49. The first-order valence-electron chi connectivity index (χ1n) is 7.85. The highest BCUT2D eigenvalue weighted by Crippen LogP contribution is 2.16. The van der Waals surface area contributed by atoms with Gasteiger partial charge in [-0.2, -0.15) is 0 Å². The number of rotatable bonds is 8. The lowest BCUT2D eigenvalue weighted by atomic mass is 10.1. The number of amides is 2. The van der Waals surface area contributed by atoms with Crippen molar-refractivity contribution in [1.82, 2.24) is 10.3 Å². The number of carbonyl (C=O) groups is 2. The zero-order valence-corrected chi connectivity index (χ0v) is 13.6. The van der Waals surface area contributed by atoms with E-state index < -0.39 is 0 Å². The minimum atomic E-state index is -0.162. The molecule has 0 radical (unpaired) electrons. The molecular formula is C18H21N3O3. The number of carbonyl (C=O) groups excluding carboxylic acids is 2. The number of benzene rings is 1. The second kappa shape index (κ2) is 9.29. The van der Waals surface area contributed by atoms with Crippen LogP contribution < -0.4 is 15.4 Å². The van der Waals surface area contributed by atoms with Crippen LogP contribution >= 0.6 is 0 Å². The van der Waals surface area contributed by atoms with Gasteiger partial charge in [0.25, 0.3) is 5.91 Å². The Labute approximate surface area is 141 Å². The largest absolute Gasteiger partial charge is 0.484 e. The molecule has 0 atom stereocenters. The van der Waals surface area contributed by atoms with Crippen molar-refractivity contribution in [3.63, 3.8) is 0 Å². The molecule has 6 heteroatoms. The lowest BCUT2D eigenvalue weighted by Gasteiger charge is -2.08. The number of hydrogen-bond donors (Lipinski definition) is 2. The maximum absolute atomic E-state index is 11.9. The molecule has 6 nitrogen and oxygen atoms in total. The number of likely N-dealkylation sites (N-methyl/N-ethyl adjacent to an activating group) is 1. The number of ether oxygens (including phenoxy) is 1. The normalized spacial score (nSPS) is 10.0. The molecule has 1 heterocycles. The molecule has 24 heavy (non-hydrogen) atoms. The monoisotopic (exact) mass is 327 g/mol. The number of aryl methyl sites for hydroxylation is 1. The quantitative estimate of drug-likeness (QED) is 0.779. The Kier molecular flexibility index (Phi) is 6.76. The summed E-state index contributed by atoms with van der Waals surface area (Å²) in [5.41, 5.74) is 1.72. The molecule has 2 amide bonds. The maximum atomic E-state index is 11.9. The number of anilines is 1. The van der Waals surface area contributed by atoms with Gasteiger partial charge in [-0.05, 0) is 49.2 Å². The third kappa shape index (κ3) is 6.08. The highest BCUT2D eigenvalue weighted by molar-refractivity contribution is 5.90. The van der Waals surface area contributed by atoms with E-state index in [4.69, 9.17) is 4.74 Å². The zero-order chi connectivity index (χ0) is 17.2. The van der Waals surface area contributed by atoms with Crippen molar-refractivity contribution < 1.29 is 14.3 Å². The molecule has 0 aliphatic rings. The lowest BCUT2D eigenvalue weighted by molar-refractivity contribution is -0.123. The van der Waals surface area contributed by atoms with Gasteiger partial charge in [-0.3, -0.25) is 14.6 Å². The number of aromatic nitrogens is 1. The van der Waals surface area contributed by atoms with Crippen LogP contribution in [-0.4, -0.2) is 29.9 Å². The third-order valence-corrected chi connectivity index (χ3v) is 3.25. The van der Waals surface area contributed by atoms with Crippen molar-refractivity contribution in [3.05, 3.63) is 54.4 Å². The standard InChI is InChI=1S/C18H21N3O3/c1-2-20-18(23)13-24-16-8-6-15(7-9-16)21-17(22)10-5-14-4-3-11-19-12-14/h3-4,6-9,11-12H,2,5,10,13H2,1H3,(H,20,23)(H,21,22). The highest BCUT2D eigenvalue weighted by Gasteiger charge is 2.05. The lowest BCUT2D eigenvalue weighted by Crippen LogP contribution is -2.28. The Balaban J connectivity index is 1.76. The Morgan fingerprint density at radius 3 is 2.58 bits per heavy atom. The number of pyridine rings is 1. The van der Waals surface area contributed by atoms with Gasteiger partial charge >= 0.3 is 0 Å². The molecule has 2 rings (SSSR count). The van der Waals surface area contributed by atoms with Gasteiger partial charge in [0, 0.05) is 31.0 Å². The molecule has 0 unspecified atom stereocenters. The highest BCUT2D eigenvalue weighted by atomic mass is 16.5. The molecule has 1 aromatic heterocycles. The molecule has 0 aliphatic heterocycles. The summed E-state index contributed by atoms with van der Waals surface area (Å²) in [6.07, 6.45) is 4.50. The third-order valence-electron chi connectivity index (χ3n) is 3.25. The van der Waals surface area contributed by atoms with E-state index in [1.807, 2.05) is 19.1 Å². The summed E-state index contributed by atoms with van der Waals surface area (Å²) in [5.74, 6) is 0.356. The molecule has 2 aromatic rings. The molecule has 126 valence electrons. The Morgan fingerprint density at radius 2 is 1.92 bits per heavy atom. The zero-order valence-electron chi connectivity index (χ0n) is 13.6. The molecule has 1 aromatic carbocycles. The van der Waals surface area contributed by atoms with E-state index in [1.165, 1.54) is 0 Å². The second-order valence-corrected chi connectivity index (χ2v) is 5.18. The van der Waals surface area contributed by atoms with Gasteiger partial charge < -0.3 is 15.4 Å². The van der Waals surface area contributed by atoms with Crippen molar-refractivity contribution in [2.45, 2.75) is 19.8 Å². The molecule has 0 saturated carbocycles. The molecule has 2 N–H and O–H groups in total. The van der Waals surface area contributed by atoms with E-state index >= 15 is 0 Å². The topological polar surface area (TPSA) is 80.3 Å². The Bertz CT molecular complexity index is 657. The van der Waals surface area contributed by atoms with Crippen LogP contribution in [0.15, 0.2) is 48.8 Å². The van der Waals surface area contributed by atoms with Crippen molar-refractivity contribution >= 4 is 17.5 Å². The van der Waals surface area contributed by atoms with E-state index in [0.29, 0.717) is 30.8 Å². The van der Waals surface area contributed by atoms with Crippen LogP contribution in [0.2, 0.25) is 0 Å². The van der Waals surface area contributed by atoms with Crippen LogP contribution in [-0.2, 0) is 16.0 Å².